The van der Waals surface area contributed by atoms with Crippen LogP contribution in [0.4, 0.5) is 0 Å². The first-order valence-electron chi connectivity index (χ1n) is 6.97. The number of aliphatic hydroxyl groups is 1. The van der Waals surface area contributed by atoms with Crippen molar-refractivity contribution in [1.29, 1.82) is 0 Å². The normalized spacial score (nSPS) is 34.8. The third-order valence-corrected chi connectivity index (χ3v) is 4.07. The van der Waals surface area contributed by atoms with Crippen molar-refractivity contribution in [3.8, 4) is 0 Å². The lowest BCUT2D eigenvalue weighted by atomic mass is 9.84. The fourth-order valence-corrected chi connectivity index (χ4v) is 2.89. The molecular weight excluding hydrogens is 232 g/mol. The van der Waals surface area contributed by atoms with E-state index in [1.54, 1.807) is 0 Å². The van der Waals surface area contributed by atoms with Crippen LogP contribution in [0.25, 0.3) is 0 Å². The average Bonchev–Trinajstić information content (AvgIpc) is 2.38. The Morgan fingerprint density at radius 3 is 2.28 bits per heavy atom. The highest BCUT2D eigenvalue weighted by Crippen LogP contribution is 2.28. The average molecular weight is 254 g/mol. The Bertz CT molecular complexity index is 313. The number of carboxylic acid groups (broad SMARTS) is 1. The second-order valence-corrected chi connectivity index (χ2v) is 5.50. The molecule has 2 saturated carbocycles. The van der Waals surface area contributed by atoms with E-state index in [9.17, 15) is 9.90 Å². The van der Waals surface area contributed by atoms with Crippen LogP contribution in [-0.4, -0.2) is 34.4 Å². The summed E-state index contributed by atoms with van der Waals surface area (Å²) in [6.07, 6.45) is 6.95. The molecule has 0 aromatic rings. The molecule has 102 valence electrons. The SMILES string of the molecule is O=C(O)C1CC(N=NC2CCCCC2)CCC1O. The number of nitrogens with zero attached hydrogens (tertiary/aromatic N) is 2. The predicted octanol–water partition coefficient (Wildman–Crippen LogP) is 2.39. The maximum atomic E-state index is 11.0. The Morgan fingerprint density at radius 2 is 1.61 bits per heavy atom. The van der Waals surface area contributed by atoms with Gasteiger partial charge in [-0.25, -0.2) is 0 Å². The second kappa shape index (κ2) is 6.27. The summed E-state index contributed by atoms with van der Waals surface area (Å²) in [7, 11) is 0. The summed E-state index contributed by atoms with van der Waals surface area (Å²) >= 11 is 0. The highest BCUT2D eigenvalue weighted by atomic mass is 16.4. The third kappa shape index (κ3) is 3.51. The lowest BCUT2D eigenvalue weighted by molar-refractivity contribution is -0.147. The summed E-state index contributed by atoms with van der Waals surface area (Å²) in [5.74, 6) is -1.59. The molecule has 0 aromatic heterocycles. The zero-order valence-corrected chi connectivity index (χ0v) is 10.7. The number of carboxylic acids is 1. The van der Waals surface area contributed by atoms with Gasteiger partial charge < -0.3 is 10.2 Å². The van der Waals surface area contributed by atoms with Crippen LogP contribution < -0.4 is 0 Å². The molecule has 3 atom stereocenters. The lowest BCUT2D eigenvalue weighted by Gasteiger charge is -2.28. The molecule has 0 heterocycles. The van der Waals surface area contributed by atoms with Gasteiger partial charge in [0.25, 0.3) is 0 Å². The van der Waals surface area contributed by atoms with Gasteiger partial charge in [-0.1, -0.05) is 19.3 Å². The van der Waals surface area contributed by atoms with Crippen molar-refractivity contribution in [3.63, 3.8) is 0 Å². The van der Waals surface area contributed by atoms with Crippen LogP contribution >= 0.6 is 0 Å². The fourth-order valence-electron chi connectivity index (χ4n) is 2.89. The quantitative estimate of drug-likeness (QED) is 0.758. The molecule has 0 aromatic carbocycles. The second-order valence-electron chi connectivity index (χ2n) is 5.50. The Kier molecular flexibility index (Phi) is 4.69. The molecule has 2 aliphatic carbocycles. The molecule has 2 fully saturated rings. The first-order chi connectivity index (χ1) is 8.66. The monoisotopic (exact) mass is 254 g/mol. The highest BCUT2D eigenvalue weighted by Gasteiger charge is 2.34. The first-order valence-corrected chi connectivity index (χ1v) is 6.97. The van der Waals surface area contributed by atoms with E-state index in [0.717, 1.165) is 19.3 Å². The number of hydrogen-bond donors (Lipinski definition) is 2. The third-order valence-electron chi connectivity index (χ3n) is 4.07. The van der Waals surface area contributed by atoms with E-state index in [1.165, 1.54) is 19.3 Å². The van der Waals surface area contributed by atoms with E-state index in [2.05, 4.69) is 10.2 Å². The minimum absolute atomic E-state index is 0.0172. The minimum atomic E-state index is -0.917. The maximum absolute atomic E-state index is 11.0. The van der Waals surface area contributed by atoms with Gasteiger partial charge >= 0.3 is 5.97 Å². The van der Waals surface area contributed by atoms with Crippen molar-refractivity contribution >= 4 is 5.97 Å². The van der Waals surface area contributed by atoms with Crippen molar-refractivity contribution in [3.05, 3.63) is 0 Å². The van der Waals surface area contributed by atoms with Gasteiger partial charge in [0.2, 0.25) is 0 Å². The summed E-state index contributed by atoms with van der Waals surface area (Å²) < 4.78 is 0. The standard InChI is InChI=1S/C13H22N2O3/c16-12-7-6-10(8-11(12)13(17)18)15-14-9-4-2-1-3-5-9/h9-12,16H,1-8H2,(H,17,18). The molecule has 2 rings (SSSR count). The zero-order chi connectivity index (χ0) is 13.0. The maximum Gasteiger partial charge on any atom is 0.309 e. The summed E-state index contributed by atoms with van der Waals surface area (Å²) in [5, 5.41) is 27.3. The molecule has 3 unspecified atom stereocenters. The van der Waals surface area contributed by atoms with Gasteiger partial charge in [-0.15, -0.1) is 0 Å². The van der Waals surface area contributed by atoms with E-state index < -0.39 is 18.0 Å². The van der Waals surface area contributed by atoms with E-state index in [4.69, 9.17) is 5.11 Å². The van der Waals surface area contributed by atoms with Gasteiger partial charge in [0.1, 0.15) is 0 Å². The van der Waals surface area contributed by atoms with Gasteiger partial charge in [-0.05, 0) is 32.1 Å². The Hall–Kier alpha value is -0.970. The van der Waals surface area contributed by atoms with Crippen LogP contribution in [0.15, 0.2) is 10.2 Å². The molecule has 5 heteroatoms. The van der Waals surface area contributed by atoms with Gasteiger partial charge in [0.15, 0.2) is 0 Å². The summed E-state index contributed by atoms with van der Waals surface area (Å²) in [6.45, 7) is 0. The van der Waals surface area contributed by atoms with Gasteiger partial charge in [0, 0.05) is 0 Å². The fraction of sp³-hybridized carbons (Fsp3) is 0.923. The van der Waals surface area contributed by atoms with Gasteiger partial charge in [0.05, 0.1) is 24.1 Å². The van der Waals surface area contributed by atoms with E-state index in [1.807, 2.05) is 0 Å². The zero-order valence-electron chi connectivity index (χ0n) is 10.7. The predicted molar refractivity (Wildman–Crippen MR) is 66.5 cm³/mol. The Labute approximate surface area is 107 Å². The largest absolute Gasteiger partial charge is 0.481 e. The van der Waals surface area contributed by atoms with Gasteiger partial charge in [-0.3, -0.25) is 4.79 Å². The van der Waals surface area contributed by atoms with Gasteiger partial charge in [-0.2, -0.15) is 10.2 Å². The first kappa shape index (κ1) is 13.5. The van der Waals surface area contributed by atoms with Crippen LogP contribution in [-0.2, 0) is 4.79 Å². The molecule has 0 radical (unpaired) electrons. The minimum Gasteiger partial charge on any atom is -0.481 e. The molecule has 5 nitrogen and oxygen atoms in total. The lowest BCUT2D eigenvalue weighted by Crippen LogP contribution is -2.36. The smallest absolute Gasteiger partial charge is 0.309 e. The molecule has 2 aliphatic rings. The van der Waals surface area contributed by atoms with Crippen LogP contribution in [0.1, 0.15) is 51.4 Å². The Morgan fingerprint density at radius 1 is 0.944 bits per heavy atom. The van der Waals surface area contributed by atoms with Crippen molar-refractivity contribution < 1.29 is 15.0 Å². The van der Waals surface area contributed by atoms with Crippen LogP contribution in [0, 0.1) is 5.92 Å². The number of rotatable bonds is 3. The molecule has 0 bridgehead atoms. The molecule has 0 amide bonds. The van der Waals surface area contributed by atoms with Crippen LogP contribution in [0.2, 0.25) is 0 Å². The van der Waals surface area contributed by atoms with E-state index in [0.29, 0.717) is 18.9 Å². The van der Waals surface area contributed by atoms with Crippen molar-refractivity contribution in [2.75, 3.05) is 0 Å². The highest BCUT2D eigenvalue weighted by molar-refractivity contribution is 5.70. The molecule has 2 N–H and O–H groups in total. The summed E-state index contributed by atoms with van der Waals surface area (Å²) in [5.41, 5.74) is 0. The van der Waals surface area contributed by atoms with E-state index >= 15 is 0 Å². The van der Waals surface area contributed by atoms with Crippen molar-refractivity contribution in [2.45, 2.75) is 69.6 Å². The number of carbonyl (C=O) groups is 1. The molecular formula is C13H22N2O3. The molecule has 0 saturated heterocycles. The topological polar surface area (TPSA) is 82.2 Å². The number of aliphatic carboxylic acids is 1. The van der Waals surface area contributed by atoms with Crippen LogP contribution in [0.5, 0.6) is 0 Å². The van der Waals surface area contributed by atoms with Crippen LogP contribution in [0.3, 0.4) is 0 Å². The molecule has 18 heavy (non-hydrogen) atoms. The molecule has 0 spiro atoms. The Balaban J connectivity index is 1.85. The number of azo groups is 1. The van der Waals surface area contributed by atoms with Crippen molar-refractivity contribution in [2.24, 2.45) is 16.1 Å². The summed E-state index contributed by atoms with van der Waals surface area (Å²) in [6, 6.07) is 0.324. The van der Waals surface area contributed by atoms with E-state index in [-0.39, 0.29) is 6.04 Å². The number of hydrogen-bond acceptors (Lipinski definition) is 4. The molecule has 0 aliphatic heterocycles. The number of aliphatic hydroxyl groups excluding tert-OH is 1. The van der Waals surface area contributed by atoms with Crippen molar-refractivity contribution in [1.82, 2.24) is 0 Å². The summed E-state index contributed by atoms with van der Waals surface area (Å²) in [4.78, 5) is 11.0.